The highest BCUT2D eigenvalue weighted by molar-refractivity contribution is 14.1. The number of nitrogens with two attached hydrogens (primary N) is 1. The first-order valence-electron chi connectivity index (χ1n) is 4.26. The summed E-state index contributed by atoms with van der Waals surface area (Å²) in [4.78, 5) is 15.2. The SMILES string of the molecule is NNOC(=O)CCOc1ccccc1I. The van der Waals surface area contributed by atoms with E-state index in [2.05, 4.69) is 27.4 Å². The fraction of sp³-hybridized carbons (Fsp3) is 0.222. The summed E-state index contributed by atoms with van der Waals surface area (Å²) in [5.41, 5.74) is 1.82. The average molecular weight is 322 g/mol. The summed E-state index contributed by atoms with van der Waals surface area (Å²) in [6.45, 7) is 0.264. The van der Waals surface area contributed by atoms with Crippen LogP contribution < -0.4 is 16.2 Å². The second-order valence-corrected chi connectivity index (χ2v) is 3.78. The fourth-order valence-corrected chi connectivity index (χ4v) is 1.47. The van der Waals surface area contributed by atoms with Crippen LogP contribution in [-0.4, -0.2) is 12.6 Å². The van der Waals surface area contributed by atoms with E-state index in [-0.39, 0.29) is 13.0 Å². The molecule has 0 aromatic heterocycles. The molecule has 0 aliphatic rings. The molecular formula is C9H11IN2O3. The van der Waals surface area contributed by atoms with Crippen molar-refractivity contribution in [2.24, 2.45) is 5.84 Å². The zero-order valence-corrected chi connectivity index (χ0v) is 10.1. The molecule has 1 rings (SSSR count). The van der Waals surface area contributed by atoms with Gasteiger partial charge < -0.3 is 9.57 Å². The highest BCUT2D eigenvalue weighted by atomic mass is 127. The van der Waals surface area contributed by atoms with Crippen LogP contribution >= 0.6 is 22.6 Å². The van der Waals surface area contributed by atoms with E-state index in [4.69, 9.17) is 10.6 Å². The minimum Gasteiger partial charge on any atom is -0.492 e. The maximum atomic E-state index is 10.9. The van der Waals surface area contributed by atoms with E-state index in [9.17, 15) is 4.79 Å². The van der Waals surface area contributed by atoms with Crippen molar-refractivity contribution in [1.82, 2.24) is 5.59 Å². The van der Waals surface area contributed by atoms with E-state index in [1.807, 2.05) is 29.9 Å². The third-order valence-corrected chi connectivity index (χ3v) is 2.46. The largest absolute Gasteiger partial charge is 0.492 e. The lowest BCUT2D eigenvalue weighted by atomic mass is 10.3. The molecule has 0 amide bonds. The maximum Gasteiger partial charge on any atom is 0.329 e. The third-order valence-electron chi connectivity index (χ3n) is 1.57. The summed E-state index contributed by atoms with van der Waals surface area (Å²) in [6.07, 6.45) is 0.148. The molecule has 0 spiro atoms. The molecule has 3 N–H and O–H groups in total. The molecule has 0 bridgehead atoms. The van der Waals surface area contributed by atoms with Gasteiger partial charge in [0.1, 0.15) is 5.75 Å². The minimum atomic E-state index is -0.455. The van der Waals surface area contributed by atoms with Gasteiger partial charge in [-0.15, -0.1) is 0 Å². The van der Waals surface area contributed by atoms with Gasteiger partial charge in [-0.1, -0.05) is 17.7 Å². The van der Waals surface area contributed by atoms with Gasteiger partial charge in [0, 0.05) is 0 Å². The van der Waals surface area contributed by atoms with Crippen molar-refractivity contribution >= 4 is 28.6 Å². The number of carbonyl (C=O) groups excluding carboxylic acids is 1. The standard InChI is InChI=1S/C9H11IN2O3/c10-7-3-1-2-4-8(7)14-6-5-9(13)15-12-11/h1-4,12H,5-6,11H2. The lowest BCUT2D eigenvalue weighted by Crippen LogP contribution is -2.26. The van der Waals surface area contributed by atoms with E-state index < -0.39 is 5.97 Å². The Labute approximate surface area is 101 Å². The van der Waals surface area contributed by atoms with Crippen LogP contribution in [-0.2, 0) is 9.63 Å². The van der Waals surface area contributed by atoms with Gasteiger partial charge in [0.2, 0.25) is 0 Å². The predicted molar refractivity (Wildman–Crippen MR) is 62.7 cm³/mol. The van der Waals surface area contributed by atoms with Crippen LogP contribution in [0.15, 0.2) is 24.3 Å². The van der Waals surface area contributed by atoms with Crippen LogP contribution in [0.4, 0.5) is 0 Å². The topological polar surface area (TPSA) is 73.6 Å². The van der Waals surface area contributed by atoms with Crippen molar-refractivity contribution in [2.45, 2.75) is 6.42 Å². The third kappa shape index (κ3) is 4.45. The van der Waals surface area contributed by atoms with Gasteiger partial charge >= 0.3 is 5.97 Å². The van der Waals surface area contributed by atoms with Gasteiger partial charge in [0.05, 0.1) is 16.6 Å². The van der Waals surface area contributed by atoms with E-state index in [1.165, 1.54) is 0 Å². The molecule has 15 heavy (non-hydrogen) atoms. The molecule has 0 heterocycles. The molecule has 6 heteroatoms. The van der Waals surface area contributed by atoms with Crippen molar-refractivity contribution < 1.29 is 14.4 Å². The Morgan fingerprint density at radius 3 is 2.87 bits per heavy atom. The Balaban J connectivity index is 2.32. The molecule has 0 saturated carbocycles. The Bertz CT molecular complexity index is 333. The smallest absolute Gasteiger partial charge is 0.329 e. The molecule has 5 nitrogen and oxygen atoms in total. The summed E-state index contributed by atoms with van der Waals surface area (Å²) in [5, 5.41) is 0. The van der Waals surface area contributed by atoms with Crippen molar-refractivity contribution in [3.8, 4) is 5.75 Å². The van der Waals surface area contributed by atoms with Crippen LogP contribution in [0.1, 0.15) is 6.42 Å². The number of ether oxygens (including phenoxy) is 1. The molecule has 0 aliphatic heterocycles. The number of nitrogens with one attached hydrogen (secondary N) is 1. The van der Waals surface area contributed by atoms with Gasteiger partial charge in [-0.3, -0.25) is 4.79 Å². The lowest BCUT2D eigenvalue weighted by molar-refractivity contribution is -0.151. The summed E-state index contributed by atoms with van der Waals surface area (Å²) in [6, 6.07) is 7.56. The molecule has 0 fully saturated rings. The zero-order chi connectivity index (χ0) is 11.1. The van der Waals surface area contributed by atoms with Crippen LogP contribution in [0.2, 0.25) is 0 Å². The summed E-state index contributed by atoms with van der Waals surface area (Å²) in [5.74, 6) is 5.10. The molecular weight excluding hydrogens is 311 g/mol. The van der Waals surface area contributed by atoms with Crippen LogP contribution in [0, 0.1) is 3.57 Å². The zero-order valence-electron chi connectivity index (χ0n) is 7.90. The molecule has 1 aromatic rings. The highest BCUT2D eigenvalue weighted by Crippen LogP contribution is 2.19. The predicted octanol–water partition coefficient (Wildman–Crippen LogP) is 0.982. The van der Waals surface area contributed by atoms with E-state index >= 15 is 0 Å². The number of hydrazine groups is 1. The van der Waals surface area contributed by atoms with Gasteiger partial charge in [-0.2, -0.15) is 0 Å². The van der Waals surface area contributed by atoms with E-state index in [0.29, 0.717) is 0 Å². The van der Waals surface area contributed by atoms with Gasteiger partial charge in [0.15, 0.2) is 0 Å². The normalized spacial score (nSPS) is 9.73. The number of hydrogen-bond donors (Lipinski definition) is 2. The highest BCUT2D eigenvalue weighted by Gasteiger charge is 2.04. The number of rotatable bonds is 5. The quantitative estimate of drug-likeness (QED) is 0.480. The molecule has 0 radical (unpaired) electrons. The van der Waals surface area contributed by atoms with E-state index in [1.54, 1.807) is 0 Å². The Hall–Kier alpha value is -0.860. The minimum absolute atomic E-state index is 0.148. The van der Waals surface area contributed by atoms with Crippen molar-refractivity contribution in [1.29, 1.82) is 0 Å². The fourth-order valence-electron chi connectivity index (χ4n) is 0.923. The molecule has 0 unspecified atom stereocenters. The first kappa shape index (κ1) is 12.2. The second-order valence-electron chi connectivity index (χ2n) is 2.62. The maximum absolute atomic E-state index is 10.9. The number of para-hydroxylation sites is 1. The van der Waals surface area contributed by atoms with Gasteiger partial charge in [0.25, 0.3) is 0 Å². The lowest BCUT2D eigenvalue weighted by Gasteiger charge is -2.06. The summed E-state index contributed by atoms with van der Waals surface area (Å²) in [7, 11) is 0. The van der Waals surface area contributed by atoms with Crippen molar-refractivity contribution in [3.63, 3.8) is 0 Å². The number of benzene rings is 1. The number of carbonyl (C=O) groups is 1. The van der Waals surface area contributed by atoms with Gasteiger partial charge in [-0.05, 0) is 34.7 Å². The molecule has 0 saturated heterocycles. The van der Waals surface area contributed by atoms with Crippen molar-refractivity contribution in [3.05, 3.63) is 27.8 Å². The molecule has 1 aromatic carbocycles. The summed E-state index contributed by atoms with van der Waals surface area (Å²) < 4.78 is 6.38. The Morgan fingerprint density at radius 1 is 1.47 bits per heavy atom. The van der Waals surface area contributed by atoms with E-state index in [0.717, 1.165) is 9.32 Å². The first-order chi connectivity index (χ1) is 7.24. The Kier molecular flexibility index (Phi) is 5.37. The van der Waals surface area contributed by atoms with Crippen LogP contribution in [0.5, 0.6) is 5.75 Å². The van der Waals surface area contributed by atoms with Crippen molar-refractivity contribution in [2.75, 3.05) is 6.61 Å². The Morgan fingerprint density at radius 2 is 2.20 bits per heavy atom. The molecule has 0 aliphatic carbocycles. The van der Waals surface area contributed by atoms with Gasteiger partial charge in [-0.25, -0.2) is 5.84 Å². The first-order valence-corrected chi connectivity index (χ1v) is 5.34. The monoisotopic (exact) mass is 322 g/mol. The number of halogens is 1. The second kappa shape index (κ2) is 6.59. The van der Waals surface area contributed by atoms with Crippen LogP contribution in [0.25, 0.3) is 0 Å². The average Bonchev–Trinajstić information content (AvgIpc) is 2.21. The van der Waals surface area contributed by atoms with Crippen LogP contribution in [0.3, 0.4) is 0 Å². The number of hydrogen-bond acceptors (Lipinski definition) is 5. The summed E-state index contributed by atoms with van der Waals surface area (Å²) >= 11 is 2.16. The molecule has 0 atom stereocenters. The molecule has 82 valence electrons.